The molecule has 0 saturated heterocycles. The smallest absolute Gasteiger partial charge is 0.323 e. The van der Waals surface area contributed by atoms with E-state index >= 15 is 0 Å². The van der Waals surface area contributed by atoms with Gasteiger partial charge in [-0.3, -0.25) is 4.79 Å². The molecule has 0 aliphatic heterocycles. The number of rotatable bonds is 41. The molecule has 6 heteroatoms. The topological polar surface area (TPSA) is 96.8 Å². The molecule has 0 aromatic rings. The number of ether oxygens (including phenoxy) is 3. The quantitative estimate of drug-likeness (QED) is 0.0373. The normalized spacial score (nSPS) is 13.1. The first-order valence-electron chi connectivity index (χ1n) is 21.8. The van der Waals surface area contributed by atoms with Crippen molar-refractivity contribution in [1.82, 2.24) is 0 Å². The van der Waals surface area contributed by atoms with Gasteiger partial charge in [-0.25, -0.2) is 0 Å². The number of nitrogens with two attached hydrogens (primary N) is 2. The SMILES string of the molecule is CCCCCCCC/C=C\CCCCCCCCOC[C@H](COC(=O)[C@@H](N)CCCN)OCCCCCCCC/C=C\CCCCCCCC. The minimum Gasteiger partial charge on any atom is -0.462 e. The fraction of sp³-hybridized carbons (Fsp3) is 0.886. The lowest BCUT2D eigenvalue weighted by molar-refractivity contribution is -0.151. The Morgan fingerprint density at radius 1 is 0.520 bits per heavy atom. The van der Waals surface area contributed by atoms with Gasteiger partial charge in [-0.2, -0.15) is 0 Å². The second-order valence-corrected chi connectivity index (χ2v) is 14.6. The third-order valence-corrected chi connectivity index (χ3v) is 9.55. The number of esters is 1. The molecule has 296 valence electrons. The standard InChI is InChI=1S/C44H86N2O4/c1-3-5-7-9-11-13-15-17-19-21-23-25-27-29-31-33-38-48-40-42(41-50-44(47)43(46)36-35-37-45)49-39-34-32-30-28-26-24-22-20-18-16-14-12-10-8-6-4-2/h17-20,42-43H,3-16,21-41,45-46H2,1-2H3/b19-17-,20-18-/t42-,43+/m1/s1. The lowest BCUT2D eigenvalue weighted by atomic mass is 10.1. The van der Waals surface area contributed by atoms with Gasteiger partial charge in [0.05, 0.1) is 6.61 Å². The van der Waals surface area contributed by atoms with Crippen molar-refractivity contribution in [3.05, 3.63) is 24.3 Å². The van der Waals surface area contributed by atoms with Crippen LogP contribution in [0.15, 0.2) is 24.3 Å². The Hall–Kier alpha value is -1.21. The predicted molar refractivity (Wildman–Crippen MR) is 217 cm³/mol. The third kappa shape index (κ3) is 38.0. The fourth-order valence-corrected chi connectivity index (χ4v) is 6.15. The lowest BCUT2D eigenvalue weighted by Gasteiger charge is -2.19. The van der Waals surface area contributed by atoms with E-state index in [0.717, 1.165) is 19.4 Å². The van der Waals surface area contributed by atoms with Crippen molar-refractivity contribution in [3.8, 4) is 0 Å². The summed E-state index contributed by atoms with van der Waals surface area (Å²) in [5.74, 6) is -0.377. The summed E-state index contributed by atoms with van der Waals surface area (Å²) in [4.78, 5) is 12.3. The number of carbonyl (C=O) groups excluding carboxylic acids is 1. The van der Waals surface area contributed by atoms with E-state index in [0.29, 0.717) is 32.6 Å². The largest absolute Gasteiger partial charge is 0.462 e. The number of hydrogen-bond acceptors (Lipinski definition) is 6. The van der Waals surface area contributed by atoms with E-state index < -0.39 is 6.04 Å². The molecular formula is C44H86N2O4. The van der Waals surface area contributed by atoms with Gasteiger partial charge >= 0.3 is 5.97 Å². The van der Waals surface area contributed by atoms with E-state index in [2.05, 4.69) is 38.2 Å². The summed E-state index contributed by atoms with van der Waals surface area (Å²) in [6, 6.07) is -0.628. The molecular weight excluding hydrogens is 620 g/mol. The summed E-state index contributed by atoms with van der Waals surface area (Å²) < 4.78 is 17.6. The maximum atomic E-state index is 12.3. The van der Waals surface area contributed by atoms with Crippen LogP contribution in [-0.2, 0) is 19.0 Å². The van der Waals surface area contributed by atoms with Crippen molar-refractivity contribution in [2.75, 3.05) is 33.0 Å². The number of unbranched alkanes of at least 4 members (excludes halogenated alkanes) is 24. The van der Waals surface area contributed by atoms with Crippen LogP contribution in [0.1, 0.15) is 206 Å². The molecule has 50 heavy (non-hydrogen) atoms. The zero-order valence-electron chi connectivity index (χ0n) is 33.5. The average Bonchev–Trinajstić information content (AvgIpc) is 3.12. The van der Waals surface area contributed by atoms with Gasteiger partial charge in [-0.1, -0.05) is 154 Å². The molecule has 0 spiro atoms. The average molecular weight is 707 g/mol. The Morgan fingerprint density at radius 3 is 1.36 bits per heavy atom. The van der Waals surface area contributed by atoms with Crippen LogP contribution in [0.25, 0.3) is 0 Å². The van der Waals surface area contributed by atoms with Crippen LogP contribution in [0.5, 0.6) is 0 Å². The van der Waals surface area contributed by atoms with Crippen molar-refractivity contribution in [2.24, 2.45) is 11.5 Å². The Kier molecular flexibility index (Phi) is 41.2. The molecule has 0 aromatic heterocycles. The van der Waals surface area contributed by atoms with E-state index in [1.54, 1.807) is 0 Å². The number of hydrogen-bond donors (Lipinski definition) is 2. The van der Waals surface area contributed by atoms with Gasteiger partial charge in [0.1, 0.15) is 18.8 Å². The van der Waals surface area contributed by atoms with Gasteiger partial charge in [0.15, 0.2) is 0 Å². The lowest BCUT2D eigenvalue weighted by Crippen LogP contribution is -2.36. The highest BCUT2D eigenvalue weighted by molar-refractivity contribution is 5.75. The van der Waals surface area contributed by atoms with E-state index in [4.69, 9.17) is 25.7 Å². The number of allylic oxidation sites excluding steroid dienone is 4. The minimum atomic E-state index is -0.628. The summed E-state index contributed by atoms with van der Waals surface area (Å²) >= 11 is 0. The first-order chi connectivity index (χ1) is 24.7. The van der Waals surface area contributed by atoms with E-state index in [9.17, 15) is 4.79 Å². The van der Waals surface area contributed by atoms with Gasteiger partial charge in [0.25, 0.3) is 0 Å². The van der Waals surface area contributed by atoms with Crippen molar-refractivity contribution in [1.29, 1.82) is 0 Å². The zero-order valence-corrected chi connectivity index (χ0v) is 33.5. The van der Waals surface area contributed by atoms with Crippen molar-refractivity contribution < 1.29 is 19.0 Å². The van der Waals surface area contributed by atoms with Gasteiger partial charge in [-0.15, -0.1) is 0 Å². The van der Waals surface area contributed by atoms with E-state index in [-0.39, 0.29) is 18.7 Å². The molecule has 0 heterocycles. The maximum absolute atomic E-state index is 12.3. The van der Waals surface area contributed by atoms with Crippen LogP contribution >= 0.6 is 0 Å². The summed E-state index contributed by atoms with van der Waals surface area (Å²) in [5.41, 5.74) is 11.5. The van der Waals surface area contributed by atoms with Gasteiger partial charge in [0.2, 0.25) is 0 Å². The third-order valence-electron chi connectivity index (χ3n) is 9.55. The van der Waals surface area contributed by atoms with Crippen LogP contribution in [0.4, 0.5) is 0 Å². The second-order valence-electron chi connectivity index (χ2n) is 14.6. The summed E-state index contributed by atoms with van der Waals surface area (Å²) in [6.45, 7) is 7.10. The molecule has 0 unspecified atom stereocenters. The van der Waals surface area contributed by atoms with E-state index in [1.165, 1.54) is 167 Å². The van der Waals surface area contributed by atoms with Crippen LogP contribution < -0.4 is 11.5 Å². The Balaban J connectivity index is 3.97. The summed E-state index contributed by atoms with van der Waals surface area (Å²) in [6.07, 6.45) is 46.7. The van der Waals surface area contributed by atoms with Crippen LogP contribution in [0, 0.1) is 0 Å². The molecule has 0 radical (unpaired) electrons. The Bertz CT molecular complexity index is 729. The monoisotopic (exact) mass is 707 g/mol. The molecule has 0 rings (SSSR count). The van der Waals surface area contributed by atoms with Gasteiger partial charge in [0, 0.05) is 13.2 Å². The van der Waals surface area contributed by atoms with Crippen molar-refractivity contribution in [2.45, 2.75) is 219 Å². The molecule has 4 N–H and O–H groups in total. The Labute approximate surface area is 311 Å². The van der Waals surface area contributed by atoms with Crippen molar-refractivity contribution in [3.63, 3.8) is 0 Å². The first kappa shape index (κ1) is 48.8. The highest BCUT2D eigenvalue weighted by Crippen LogP contribution is 2.12. The van der Waals surface area contributed by atoms with Crippen LogP contribution in [0.3, 0.4) is 0 Å². The molecule has 0 aliphatic rings. The highest BCUT2D eigenvalue weighted by atomic mass is 16.6. The van der Waals surface area contributed by atoms with Crippen LogP contribution in [-0.4, -0.2) is 51.1 Å². The molecule has 0 aromatic carbocycles. The maximum Gasteiger partial charge on any atom is 0.323 e. The fourth-order valence-electron chi connectivity index (χ4n) is 6.15. The predicted octanol–water partition coefficient (Wildman–Crippen LogP) is 12.1. The summed E-state index contributed by atoms with van der Waals surface area (Å²) in [7, 11) is 0. The van der Waals surface area contributed by atoms with Crippen molar-refractivity contribution >= 4 is 5.97 Å². The van der Waals surface area contributed by atoms with Gasteiger partial charge in [-0.05, 0) is 83.6 Å². The number of carbonyl (C=O) groups is 1. The summed E-state index contributed by atoms with van der Waals surface area (Å²) in [5, 5.41) is 0. The molecule has 0 aliphatic carbocycles. The molecule has 6 nitrogen and oxygen atoms in total. The minimum absolute atomic E-state index is 0.189. The molecule has 0 amide bonds. The van der Waals surface area contributed by atoms with Gasteiger partial charge < -0.3 is 25.7 Å². The molecule has 2 atom stereocenters. The van der Waals surface area contributed by atoms with E-state index in [1.807, 2.05) is 0 Å². The van der Waals surface area contributed by atoms with Crippen LogP contribution in [0.2, 0.25) is 0 Å². The zero-order chi connectivity index (χ0) is 36.4. The Morgan fingerprint density at radius 2 is 0.920 bits per heavy atom. The highest BCUT2D eigenvalue weighted by Gasteiger charge is 2.18. The molecule has 0 saturated carbocycles. The second kappa shape index (κ2) is 42.2. The molecule has 0 fully saturated rings. The first-order valence-corrected chi connectivity index (χ1v) is 21.8. The molecule has 0 bridgehead atoms.